The lowest BCUT2D eigenvalue weighted by Crippen LogP contribution is -2.25. The maximum Gasteiger partial charge on any atom is 0.139 e. The first kappa shape index (κ1) is 44.5. The molecule has 0 unspecified atom stereocenters. The van der Waals surface area contributed by atoms with E-state index in [0.717, 1.165) is 56.5 Å². The highest BCUT2D eigenvalue weighted by Gasteiger charge is 2.38. The standard InChI is InChI=1S/C72H54N2O/c1-71(2)63-27-15-14-24-59(63)60-45-62-61-44-52(36-43-67(61)74(68(62)46-66(60)71)53-22-12-7-13-23-53)58-26-17-29-65-70(58)75-69-57(25-16-28-64(69)72(65,3)4)51-34-41-56(42-35-51)73(54-37-30-49(31-38-54)47-18-8-5-9-19-47)55-39-32-50(33-40-55)48-20-10-6-11-21-48/h5-46H,1-4H3. The van der Waals surface area contributed by atoms with Crippen LogP contribution in [0, 0.1) is 0 Å². The second-order valence-corrected chi connectivity index (χ2v) is 21.3. The summed E-state index contributed by atoms with van der Waals surface area (Å²) in [6.07, 6.45) is 0. The third-order valence-corrected chi connectivity index (χ3v) is 16.3. The number of benzene rings is 11. The Kier molecular flexibility index (Phi) is 10.2. The smallest absolute Gasteiger partial charge is 0.139 e. The maximum atomic E-state index is 7.38. The maximum absolute atomic E-state index is 7.38. The molecular weight excluding hydrogens is 909 g/mol. The topological polar surface area (TPSA) is 17.4 Å². The van der Waals surface area contributed by atoms with Crippen LogP contribution in [0.5, 0.6) is 11.5 Å². The molecule has 1 aliphatic heterocycles. The van der Waals surface area contributed by atoms with Crippen LogP contribution in [0.1, 0.15) is 49.9 Å². The fourth-order valence-electron chi connectivity index (χ4n) is 12.3. The number of hydrogen-bond acceptors (Lipinski definition) is 2. The van der Waals surface area contributed by atoms with Gasteiger partial charge in [-0.3, -0.25) is 0 Å². The van der Waals surface area contributed by atoms with Crippen LogP contribution in [-0.4, -0.2) is 4.57 Å². The van der Waals surface area contributed by atoms with Gasteiger partial charge in [0.15, 0.2) is 0 Å². The van der Waals surface area contributed by atoms with Gasteiger partial charge in [0.25, 0.3) is 0 Å². The van der Waals surface area contributed by atoms with Crippen molar-refractivity contribution >= 4 is 38.9 Å². The van der Waals surface area contributed by atoms with E-state index in [9.17, 15) is 0 Å². The summed E-state index contributed by atoms with van der Waals surface area (Å²) in [5.74, 6) is 1.81. The summed E-state index contributed by atoms with van der Waals surface area (Å²) in [6, 6.07) is 92.9. The fraction of sp³-hybridized carbons (Fsp3) is 0.0833. The predicted octanol–water partition coefficient (Wildman–Crippen LogP) is 19.7. The molecule has 0 fully saturated rings. The molecule has 0 spiro atoms. The van der Waals surface area contributed by atoms with Gasteiger partial charge in [0, 0.05) is 66.6 Å². The molecule has 0 atom stereocenters. The van der Waals surface area contributed by atoms with Gasteiger partial charge in [-0.1, -0.05) is 210 Å². The van der Waals surface area contributed by atoms with Crippen molar-refractivity contribution < 1.29 is 4.74 Å². The lowest BCUT2D eigenvalue weighted by molar-refractivity contribution is 0.421. The number of fused-ring (bicyclic) bond motifs is 8. The van der Waals surface area contributed by atoms with Gasteiger partial charge in [0.05, 0.1) is 11.0 Å². The monoisotopic (exact) mass is 962 g/mol. The zero-order valence-electron chi connectivity index (χ0n) is 42.6. The largest absolute Gasteiger partial charge is 0.455 e. The van der Waals surface area contributed by atoms with Crippen molar-refractivity contribution in [2.75, 3.05) is 4.90 Å². The van der Waals surface area contributed by atoms with Crippen LogP contribution < -0.4 is 9.64 Å². The van der Waals surface area contributed by atoms with Gasteiger partial charge in [0.2, 0.25) is 0 Å². The number of aromatic nitrogens is 1. The summed E-state index contributed by atoms with van der Waals surface area (Å²) in [5, 5.41) is 2.47. The number of para-hydroxylation sites is 3. The summed E-state index contributed by atoms with van der Waals surface area (Å²) in [6.45, 7) is 9.40. The van der Waals surface area contributed by atoms with Crippen molar-refractivity contribution in [1.29, 1.82) is 0 Å². The van der Waals surface area contributed by atoms with Crippen LogP contribution in [-0.2, 0) is 10.8 Å². The Balaban J connectivity index is 0.858. The predicted molar refractivity (Wildman–Crippen MR) is 313 cm³/mol. The molecule has 1 aromatic heterocycles. The molecule has 11 aromatic carbocycles. The first-order chi connectivity index (χ1) is 36.7. The Morgan fingerprint density at radius 1 is 0.307 bits per heavy atom. The highest BCUT2D eigenvalue weighted by atomic mass is 16.5. The number of hydrogen-bond donors (Lipinski definition) is 0. The van der Waals surface area contributed by atoms with Gasteiger partial charge in [-0.15, -0.1) is 0 Å². The first-order valence-electron chi connectivity index (χ1n) is 26.2. The zero-order chi connectivity index (χ0) is 50.4. The van der Waals surface area contributed by atoms with Gasteiger partial charge in [-0.05, 0) is 128 Å². The lowest BCUT2D eigenvalue weighted by Gasteiger charge is -2.36. The zero-order valence-corrected chi connectivity index (χ0v) is 42.6. The molecule has 2 heterocycles. The Labute approximate surface area is 439 Å². The van der Waals surface area contributed by atoms with E-state index >= 15 is 0 Å². The van der Waals surface area contributed by atoms with Crippen LogP contribution in [0.25, 0.3) is 83.1 Å². The highest BCUT2D eigenvalue weighted by molar-refractivity contribution is 6.13. The Morgan fingerprint density at radius 3 is 1.31 bits per heavy atom. The average Bonchev–Trinajstić information content (AvgIpc) is 3.90. The molecule has 0 amide bonds. The second kappa shape index (κ2) is 17.2. The van der Waals surface area contributed by atoms with E-state index in [0.29, 0.717) is 0 Å². The van der Waals surface area contributed by atoms with Crippen molar-refractivity contribution in [3.63, 3.8) is 0 Å². The van der Waals surface area contributed by atoms with E-state index < -0.39 is 0 Å². The summed E-state index contributed by atoms with van der Waals surface area (Å²) < 4.78 is 9.83. The van der Waals surface area contributed by atoms with Crippen molar-refractivity contribution in [3.8, 4) is 72.8 Å². The van der Waals surface area contributed by atoms with Gasteiger partial charge in [0.1, 0.15) is 11.5 Å². The van der Waals surface area contributed by atoms with Gasteiger partial charge >= 0.3 is 0 Å². The molecule has 3 heteroatoms. The minimum Gasteiger partial charge on any atom is -0.455 e. The van der Waals surface area contributed by atoms with E-state index in [2.05, 4.69) is 292 Å². The van der Waals surface area contributed by atoms with E-state index in [4.69, 9.17) is 4.74 Å². The Hall–Kier alpha value is -9.18. The summed E-state index contributed by atoms with van der Waals surface area (Å²) in [7, 11) is 0. The van der Waals surface area contributed by atoms with E-state index in [-0.39, 0.29) is 10.8 Å². The number of rotatable bonds is 8. The summed E-state index contributed by atoms with van der Waals surface area (Å²) in [5.41, 5.74) is 23.2. The van der Waals surface area contributed by atoms with E-state index in [1.165, 1.54) is 77.4 Å². The molecule has 358 valence electrons. The van der Waals surface area contributed by atoms with Gasteiger partial charge in [-0.2, -0.15) is 0 Å². The molecule has 2 aliphatic rings. The third kappa shape index (κ3) is 7.17. The molecule has 3 nitrogen and oxygen atoms in total. The SMILES string of the molecule is CC1(C)c2ccccc2-c2cc3c4cc(-c5cccc6c5Oc5c(-c7ccc(N(c8ccc(-c9ccccc9)cc8)c8ccc(-c9ccccc9)cc8)cc7)cccc5C6(C)C)ccc4n(-c4ccccc4)c3cc21. The number of anilines is 3. The molecule has 14 rings (SSSR count). The van der Waals surface area contributed by atoms with E-state index in [1.807, 2.05) is 0 Å². The highest BCUT2D eigenvalue weighted by Crippen LogP contribution is 2.55. The number of ether oxygens (including phenoxy) is 1. The van der Waals surface area contributed by atoms with Crippen molar-refractivity contribution in [1.82, 2.24) is 4.57 Å². The molecule has 0 saturated carbocycles. The van der Waals surface area contributed by atoms with Crippen LogP contribution in [0.4, 0.5) is 17.1 Å². The first-order valence-corrected chi connectivity index (χ1v) is 26.2. The number of nitrogens with zero attached hydrogens (tertiary/aromatic N) is 2. The van der Waals surface area contributed by atoms with E-state index in [1.54, 1.807) is 0 Å². The second-order valence-electron chi connectivity index (χ2n) is 21.3. The quantitative estimate of drug-likeness (QED) is 0.151. The third-order valence-electron chi connectivity index (χ3n) is 16.3. The lowest BCUT2D eigenvalue weighted by atomic mass is 9.74. The normalized spacial score (nSPS) is 13.7. The minimum absolute atomic E-state index is 0.111. The average molecular weight is 963 g/mol. The molecule has 12 aromatic rings. The van der Waals surface area contributed by atoms with Crippen molar-refractivity contribution in [2.24, 2.45) is 0 Å². The Bertz CT molecular complexity index is 4070. The molecule has 0 bridgehead atoms. The fourth-order valence-corrected chi connectivity index (χ4v) is 12.3. The molecule has 1 aliphatic carbocycles. The Morgan fingerprint density at radius 2 is 0.733 bits per heavy atom. The molecule has 75 heavy (non-hydrogen) atoms. The summed E-state index contributed by atoms with van der Waals surface area (Å²) in [4.78, 5) is 2.34. The molecule has 0 saturated heterocycles. The van der Waals surface area contributed by atoms with Crippen LogP contribution in [0.2, 0.25) is 0 Å². The van der Waals surface area contributed by atoms with Crippen LogP contribution in [0.15, 0.2) is 255 Å². The minimum atomic E-state index is -0.336. The van der Waals surface area contributed by atoms with Gasteiger partial charge in [-0.25, -0.2) is 0 Å². The molecular formula is C72H54N2O. The van der Waals surface area contributed by atoms with Crippen LogP contribution in [0.3, 0.4) is 0 Å². The van der Waals surface area contributed by atoms with Crippen molar-refractivity contribution in [2.45, 2.75) is 38.5 Å². The van der Waals surface area contributed by atoms with Gasteiger partial charge < -0.3 is 14.2 Å². The summed E-state index contributed by atoms with van der Waals surface area (Å²) >= 11 is 0. The molecule has 0 N–H and O–H groups in total. The van der Waals surface area contributed by atoms with Crippen LogP contribution >= 0.6 is 0 Å². The van der Waals surface area contributed by atoms with Crippen molar-refractivity contribution in [3.05, 3.63) is 277 Å². The molecule has 0 radical (unpaired) electrons.